The Kier molecular flexibility index (Phi) is 5.74. The molecular weight excluding hydrogens is 434 g/mol. The van der Waals surface area contributed by atoms with Gasteiger partial charge in [-0.15, -0.1) is 0 Å². The first kappa shape index (κ1) is 22.3. The van der Waals surface area contributed by atoms with Crippen LogP contribution in [0.2, 0.25) is 0 Å². The van der Waals surface area contributed by atoms with Crippen LogP contribution in [-0.4, -0.2) is 53.1 Å². The Morgan fingerprint density at radius 3 is 2.38 bits per heavy atom. The number of methoxy groups -OCH3 is 2. The number of esters is 1. The van der Waals surface area contributed by atoms with Crippen molar-refractivity contribution in [2.24, 2.45) is 0 Å². The van der Waals surface area contributed by atoms with Crippen molar-refractivity contribution in [3.8, 4) is 5.75 Å². The molecule has 2 aromatic carbocycles. The summed E-state index contributed by atoms with van der Waals surface area (Å²) < 4.78 is 51.0. The van der Waals surface area contributed by atoms with E-state index in [0.29, 0.717) is 17.0 Å². The van der Waals surface area contributed by atoms with E-state index in [4.69, 9.17) is 18.9 Å². The van der Waals surface area contributed by atoms with E-state index in [1.54, 1.807) is 56.3 Å². The third-order valence-electron chi connectivity index (χ3n) is 5.48. The Balaban J connectivity index is 1.91. The number of para-hydroxylation sites is 1. The number of carbonyl (C=O) groups is 1. The second kappa shape index (κ2) is 8.23. The molecule has 1 fully saturated rings. The van der Waals surface area contributed by atoms with Crippen molar-refractivity contribution in [2.45, 2.75) is 36.7 Å². The molecule has 0 aliphatic carbocycles. The van der Waals surface area contributed by atoms with Crippen molar-refractivity contribution >= 4 is 27.8 Å². The molecule has 2 heterocycles. The minimum atomic E-state index is -4.11. The molecule has 1 unspecified atom stereocenters. The van der Waals surface area contributed by atoms with Gasteiger partial charge in [-0.25, -0.2) is 13.2 Å². The summed E-state index contributed by atoms with van der Waals surface area (Å²) in [5.41, 5.74) is 1.20. The number of hydrogen-bond donors (Lipinski definition) is 0. The molecule has 2 aliphatic rings. The van der Waals surface area contributed by atoms with Crippen LogP contribution >= 0.6 is 0 Å². The Morgan fingerprint density at radius 2 is 1.78 bits per heavy atom. The van der Waals surface area contributed by atoms with E-state index >= 15 is 0 Å². The maximum atomic E-state index is 13.9. The molecule has 9 heteroatoms. The Morgan fingerprint density at radius 1 is 1.09 bits per heavy atom. The van der Waals surface area contributed by atoms with Gasteiger partial charge in [-0.05, 0) is 55.8 Å². The first-order valence-electron chi connectivity index (χ1n) is 10.1. The highest BCUT2D eigenvalue weighted by Gasteiger charge is 2.49. The predicted molar refractivity (Wildman–Crippen MR) is 118 cm³/mol. The maximum Gasteiger partial charge on any atom is 0.336 e. The van der Waals surface area contributed by atoms with Gasteiger partial charge in [-0.1, -0.05) is 18.2 Å². The SMILES string of the molecule is COC(=O)C1=Cc2ccccc2N(S(=O)(=O)c2ccc(OC)cc2)C1[C@H]1COC(C)(C)O1. The molecule has 0 saturated carbocycles. The number of benzene rings is 2. The van der Waals surface area contributed by atoms with Crippen LogP contribution in [0.5, 0.6) is 5.75 Å². The smallest absolute Gasteiger partial charge is 0.336 e. The summed E-state index contributed by atoms with van der Waals surface area (Å²) in [4.78, 5) is 12.8. The van der Waals surface area contributed by atoms with Crippen molar-refractivity contribution in [1.82, 2.24) is 0 Å². The van der Waals surface area contributed by atoms with Crippen LogP contribution in [0, 0.1) is 0 Å². The molecule has 0 radical (unpaired) electrons. The third kappa shape index (κ3) is 3.87. The minimum Gasteiger partial charge on any atom is -0.497 e. The number of rotatable bonds is 5. The van der Waals surface area contributed by atoms with Gasteiger partial charge in [0.15, 0.2) is 5.79 Å². The molecular formula is C23H25NO7S. The van der Waals surface area contributed by atoms with Crippen LogP contribution in [0.25, 0.3) is 6.08 Å². The minimum absolute atomic E-state index is 0.0578. The second-order valence-corrected chi connectivity index (χ2v) is 9.75. The summed E-state index contributed by atoms with van der Waals surface area (Å²) in [7, 11) is -1.34. The summed E-state index contributed by atoms with van der Waals surface area (Å²) in [5.74, 6) is -1.02. The lowest BCUT2D eigenvalue weighted by atomic mass is 9.94. The van der Waals surface area contributed by atoms with Gasteiger partial charge in [0, 0.05) is 0 Å². The number of carbonyl (C=O) groups excluding carboxylic acids is 1. The number of nitrogens with zero attached hydrogens (tertiary/aromatic N) is 1. The molecule has 2 aliphatic heterocycles. The van der Waals surface area contributed by atoms with Gasteiger partial charge >= 0.3 is 5.97 Å². The zero-order valence-electron chi connectivity index (χ0n) is 18.3. The molecule has 2 aromatic rings. The fourth-order valence-corrected chi connectivity index (χ4v) is 5.68. The number of hydrogen-bond acceptors (Lipinski definition) is 7. The van der Waals surface area contributed by atoms with Gasteiger partial charge in [0.05, 0.1) is 37.0 Å². The topological polar surface area (TPSA) is 91.4 Å². The van der Waals surface area contributed by atoms with Crippen LogP contribution in [-0.2, 0) is 29.0 Å². The van der Waals surface area contributed by atoms with Crippen molar-refractivity contribution < 1.29 is 32.2 Å². The van der Waals surface area contributed by atoms with Crippen LogP contribution < -0.4 is 9.04 Å². The van der Waals surface area contributed by atoms with E-state index in [-0.39, 0.29) is 17.1 Å². The third-order valence-corrected chi connectivity index (χ3v) is 7.29. The summed E-state index contributed by atoms with van der Waals surface area (Å²) in [5, 5.41) is 0. The Bertz CT molecular complexity index is 1160. The predicted octanol–water partition coefficient (Wildman–Crippen LogP) is 2.98. The van der Waals surface area contributed by atoms with E-state index in [2.05, 4.69) is 0 Å². The summed E-state index contributed by atoms with van der Waals surface area (Å²) in [6, 6.07) is 12.1. The lowest BCUT2D eigenvalue weighted by Crippen LogP contribution is -2.52. The number of fused-ring (bicyclic) bond motifs is 1. The van der Waals surface area contributed by atoms with Crippen LogP contribution in [0.15, 0.2) is 59.0 Å². The average Bonchev–Trinajstić information content (AvgIpc) is 3.16. The molecule has 0 bridgehead atoms. The molecule has 4 rings (SSSR count). The molecule has 170 valence electrons. The van der Waals surface area contributed by atoms with E-state index < -0.39 is 33.9 Å². The fraction of sp³-hybridized carbons (Fsp3) is 0.348. The number of anilines is 1. The summed E-state index contributed by atoms with van der Waals surface area (Å²) in [6.07, 6.45) is 0.928. The van der Waals surface area contributed by atoms with Crippen molar-refractivity contribution in [1.29, 1.82) is 0 Å². The lowest BCUT2D eigenvalue weighted by molar-refractivity contribution is -0.143. The standard InChI is InChI=1S/C23H25NO7S/c1-23(2)30-14-20(31-23)21-18(22(25)29-4)13-15-7-5-6-8-19(15)24(21)32(26,27)17-11-9-16(28-3)10-12-17/h5-13,20-21H,14H2,1-4H3/t20-,21?/m1/s1. The Labute approximate surface area is 187 Å². The lowest BCUT2D eigenvalue weighted by Gasteiger charge is -2.39. The molecule has 0 aromatic heterocycles. The summed E-state index contributed by atoms with van der Waals surface area (Å²) in [6.45, 7) is 3.60. The van der Waals surface area contributed by atoms with Gasteiger partial charge in [0.2, 0.25) is 0 Å². The zero-order chi connectivity index (χ0) is 23.1. The van der Waals surface area contributed by atoms with Crippen LogP contribution in [0.3, 0.4) is 0 Å². The number of ether oxygens (including phenoxy) is 4. The Hall–Kier alpha value is -2.88. The first-order valence-corrected chi connectivity index (χ1v) is 11.5. The molecule has 8 nitrogen and oxygen atoms in total. The second-order valence-electron chi connectivity index (χ2n) is 7.94. The monoisotopic (exact) mass is 459 g/mol. The molecule has 32 heavy (non-hydrogen) atoms. The van der Waals surface area contributed by atoms with E-state index in [9.17, 15) is 13.2 Å². The molecule has 1 saturated heterocycles. The van der Waals surface area contributed by atoms with E-state index in [1.165, 1.54) is 30.7 Å². The van der Waals surface area contributed by atoms with Crippen molar-refractivity contribution in [3.05, 3.63) is 59.7 Å². The van der Waals surface area contributed by atoms with Gasteiger partial charge in [-0.2, -0.15) is 0 Å². The molecule has 0 amide bonds. The quantitative estimate of drug-likeness (QED) is 0.635. The van der Waals surface area contributed by atoms with Crippen molar-refractivity contribution in [2.75, 3.05) is 25.1 Å². The van der Waals surface area contributed by atoms with Gasteiger partial charge in [0.1, 0.15) is 17.9 Å². The highest BCUT2D eigenvalue weighted by Crippen LogP contribution is 2.41. The van der Waals surface area contributed by atoms with Gasteiger partial charge in [-0.3, -0.25) is 4.31 Å². The normalized spacial score (nSPS) is 22.1. The molecule has 2 atom stereocenters. The van der Waals surface area contributed by atoms with Crippen LogP contribution in [0.4, 0.5) is 5.69 Å². The molecule has 0 spiro atoms. The fourth-order valence-electron chi connectivity index (χ4n) is 4.00. The van der Waals surface area contributed by atoms with Gasteiger partial charge < -0.3 is 18.9 Å². The average molecular weight is 460 g/mol. The zero-order valence-corrected chi connectivity index (χ0v) is 19.1. The van der Waals surface area contributed by atoms with Gasteiger partial charge in [0.25, 0.3) is 10.0 Å². The highest BCUT2D eigenvalue weighted by atomic mass is 32.2. The van der Waals surface area contributed by atoms with Crippen LogP contribution in [0.1, 0.15) is 19.4 Å². The highest BCUT2D eigenvalue weighted by molar-refractivity contribution is 7.92. The maximum absolute atomic E-state index is 13.9. The van der Waals surface area contributed by atoms with Crippen molar-refractivity contribution in [3.63, 3.8) is 0 Å². The summed E-state index contributed by atoms with van der Waals surface area (Å²) >= 11 is 0. The number of sulfonamides is 1. The first-order chi connectivity index (χ1) is 15.2. The van der Waals surface area contributed by atoms with E-state index in [0.717, 1.165) is 0 Å². The molecule has 0 N–H and O–H groups in total. The largest absolute Gasteiger partial charge is 0.497 e. The van der Waals surface area contributed by atoms with E-state index in [1.807, 2.05) is 0 Å².